The van der Waals surface area contributed by atoms with Crippen LogP contribution in [-0.4, -0.2) is 42.6 Å². The van der Waals surface area contributed by atoms with Gasteiger partial charge in [-0.25, -0.2) is 19.3 Å². The van der Waals surface area contributed by atoms with E-state index in [-0.39, 0.29) is 5.56 Å². The van der Waals surface area contributed by atoms with Crippen LogP contribution < -0.4 is 10.5 Å². The van der Waals surface area contributed by atoms with Crippen molar-refractivity contribution in [2.24, 2.45) is 5.92 Å². The minimum atomic E-state index is -0.0891. The first-order valence-electron chi connectivity index (χ1n) is 9.75. The van der Waals surface area contributed by atoms with E-state index in [4.69, 9.17) is 0 Å². The first kappa shape index (κ1) is 17.1. The molecule has 0 aromatic carbocycles. The van der Waals surface area contributed by atoms with Crippen LogP contribution in [0.15, 0.2) is 35.4 Å². The van der Waals surface area contributed by atoms with Gasteiger partial charge in [-0.3, -0.25) is 4.79 Å². The fourth-order valence-electron chi connectivity index (χ4n) is 3.76. The van der Waals surface area contributed by atoms with Crippen LogP contribution in [0, 0.1) is 19.8 Å². The zero-order chi connectivity index (χ0) is 19.3. The number of rotatable bonds is 5. The van der Waals surface area contributed by atoms with Crippen LogP contribution in [-0.2, 0) is 6.54 Å². The third-order valence-electron chi connectivity index (χ3n) is 5.46. The van der Waals surface area contributed by atoms with Gasteiger partial charge in [-0.2, -0.15) is 5.10 Å². The first-order valence-corrected chi connectivity index (χ1v) is 9.75. The minimum Gasteiger partial charge on any atom is -0.340 e. The van der Waals surface area contributed by atoms with Crippen molar-refractivity contribution in [1.29, 1.82) is 0 Å². The van der Waals surface area contributed by atoms with Crippen molar-refractivity contribution >= 4 is 5.95 Å². The molecule has 2 fully saturated rings. The molecule has 0 radical (unpaired) electrons. The van der Waals surface area contributed by atoms with Crippen molar-refractivity contribution in [2.45, 2.75) is 39.2 Å². The lowest BCUT2D eigenvalue weighted by Gasteiger charge is -2.39. The third kappa shape index (κ3) is 3.19. The second-order valence-corrected chi connectivity index (χ2v) is 7.91. The zero-order valence-corrected chi connectivity index (χ0v) is 16.1. The highest BCUT2D eigenvalue weighted by Gasteiger charge is 2.30. The highest BCUT2D eigenvalue weighted by atomic mass is 16.1. The summed E-state index contributed by atoms with van der Waals surface area (Å²) in [5.74, 6) is 2.47. The SMILES string of the molecule is Cc1cc(C)n(-c2ccc(=O)n(CC3CN(c4ncc(C5CC5)cn4)C3)n2)n1. The summed E-state index contributed by atoms with van der Waals surface area (Å²) < 4.78 is 3.32. The fraction of sp³-hybridized carbons (Fsp3) is 0.450. The van der Waals surface area contributed by atoms with E-state index in [0.29, 0.717) is 24.2 Å². The van der Waals surface area contributed by atoms with E-state index in [9.17, 15) is 4.79 Å². The molecule has 0 bridgehead atoms. The van der Waals surface area contributed by atoms with Gasteiger partial charge in [0.15, 0.2) is 5.82 Å². The van der Waals surface area contributed by atoms with E-state index >= 15 is 0 Å². The molecular formula is C20H23N7O. The average Bonchev–Trinajstić information content (AvgIpc) is 3.44. The predicted molar refractivity (Wildman–Crippen MR) is 105 cm³/mol. The molecule has 1 saturated heterocycles. The van der Waals surface area contributed by atoms with E-state index < -0.39 is 0 Å². The molecule has 1 aliphatic heterocycles. The number of hydrogen-bond acceptors (Lipinski definition) is 6. The van der Waals surface area contributed by atoms with Gasteiger partial charge in [-0.05, 0) is 50.3 Å². The Hall–Kier alpha value is -3.03. The normalized spacial score (nSPS) is 17.0. The maximum absolute atomic E-state index is 12.3. The molecule has 2 aliphatic rings. The Morgan fingerprint density at radius 2 is 1.82 bits per heavy atom. The summed E-state index contributed by atoms with van der Waals surface area (Å²) >= 11 is 0. The Bertz CT molecular complexity index is 1060. The number of nitrogens with zero attached hydrogens (tertiary/aromatic N) is 7. The van der Waals surface area contributed by atoms with E-state index in [1.807, 2.05) is 32.3 Å². The lowest BCUT2D eigenvalue weighted by atomic mass is 10.0. The lowest BCUT2D eigenvalue weighted by molar-refractivity contribution is 0.330. The molecule has 0 atom stereocenters. The van der Waals surface area contributed by atoms with Crippen molar-refractivity contribution in [3.8, 4) is 5.82 Å². The Labute approximate surface area is 162 Å². The van der Waals surface area contributed by atoms with Crippen molar-refractivity contribution in [1.82, 2.24) is 29.5 Å². The van der Waals surface area contributed by atoms with Gasteiger partial charge in [0.25, 0.3) is 5.56 Å². The number of aryl methyl sites for hydroxylation is 2. The Morgan fingerprint density at radius 1 is 1.07 bits per heavy atom. The van der Waals surface area contributed by atoms with Crippen molar-refractivity contribution in [3.05, 3.63) is 57.9 Å². The highest BCUT2D eigenvalue weighted by molar-refractivity contribution is 5.35. The number of aromatic nitrogens is 6. The average molecular weight is 377 g/mol. The largest absolute Gasteiger partial charge is 0.340 e. The van der Waals surface area contributed by atoms with Gasteiger partial charge in [-0.15, -0.1) is 5.10 Å². The number of hydrogen-bond donors (Lipinski definition) is 0. The topological polar surface area (TPSA) is 81.7 Å². The molecule has 0 amide bonds. The minimum absolute atomic E-state index is 0.0891. The summed E-state index contributed by atoms with van der Waals surface area (Å²) in [5.41, 5.74) is 3.09. The molecule has 144 valence electrons. The van der Waals surface area contributed by atoms with E-state index in [0.717, 1.165) is 30.4 Å². The zero-order valence-electron chi connectivity index (χ0n) is 16.1. The second-order valence-electron chi connectivity index (χ2n) is 7.91. The summed E-state index contributed by atoms with van der Waals surface area (Å²) in [7, 11) is 0. The molecular weight excluding hydrogens is 354 g/mol. The molecule has 5 rings (SSSR count). The van der Waals surface area contributed by atoms with Crippen LogP contribution in [0.2, 0.25) is 0 Å². The number of anilines is 1. The summed E-state index contributed by atoms with van der Waals surface area (Å²) in [5, 5.41) is 8.98. The summed E-state index contributed by atoms with van der Waals surface area (Å²) in [6.45, 7) is 6.18. The maximum atomic E-state index is 12.3. The molecule has 8 heteroatoms. The monoisotopic (exact) mass is 377 g/mol. The summed E-state index contributed by atoms with van der Waals surface area (Å²) in [6, 6.07) is 5.28. The van der Waals surface area contributed by atoms with Gasteiger partial charge in [0.1, 0.15) is 0 Å². The van der Waals surface area contributed by atoms with Crippen molar-refractivity contribution in [2.75, 3.05) is 18.0 Å². The smallest absolute Gasteiger partial charge is 0.266 e. The van der Waals surface area contributed by atoms with Crippen LogP contribution in [0.3, 0.4) is 0 Å². The van der Waals surface area contributed by atoms with Crippen LogP contribution in [0.25, 0.3) is 5.82 Å². The molecule has 1 aliphatic carbocycles. The van der Waals surface area contributed by atoms with Crippen LogP contribution in [0.5, 0.6) is 0 Å². The van der Waals surface area contributed by atoms with Gasteiger partial charge in [0.05, 0.1) is 12.2 Å². The molecule has 4 heterocycles. The molecule has 28 heavy (non-hydrogen) atoms. The molecule has 1 saturated carbocycles. The van der Waals surface area contributed by atoms with E-state index in [1.54, 1.807) is 21.5 Å². The maximum Gasteiger partial charge on any atom is 0.266 e. The quantitative estimate of drug-likeness (QED) is 0.675. The van der Waals surface area contributed by atoms with Gasteiger partial charge in [-0.1, -0.05) is 0 Å². The molecule has 0 spiro atoms. The first-order chi connectivity index (χ1) is 13.6. The highest BCUT2D eigenvalue weighted by Crippen LogP contribution is 2.39. The Balaban J connectivity index is 1.26. The Kier molecular flexibility index (Phi) is 3.99. The molecule has 8 nitrogen and oxygen atoms in total. The van der Waals surface area contributed by atoms with Gasteiger partial charge >= 0.3 is 0 Å². The molecule has 3 aromatic rings. The van der Waals surface area contributed by atoms with Gasteiger partial charge in [0.2, 0.25) is 5.95 Å². The van der Waals surface area contributed by atoms with Gasteiger partial charge < -0.3 is 4.90 Å². The summed E-state index contributed by atoms with van der Waals surface area (Å²) in [6.07, 6.45) is 6.42. The van der Waals surface area contributed by atoms with E-state index in [1.165, 1.54) is 18.4 Å². The predicted octanol–water partition coefficient (Wildman–Crippen LogP) is 1.85. The van der Waals surface area contributed by atoms with Crippen LogP contribution in [0.1, 0.15) is 35.7 Å². The molecule has 0 N–H and O–H groups in total. The van der Waals surface area contributed by atoms with E-state index in [2.05, 4.69) is 25.1 Å². The lowest BCUT2D eigenvalue weighted by Crippen LogP contribution is -2.50. The third-order valence-corrected chi connectivity index (χ3v) is 5.46. The van der Waals surface area contributed by atoms with Crippen LogP contribution in [0.4, 0.5) is 5.95 Å². The van der Waals surface area contributed by atoms with Gasteiger partial charge in [0, 0.05) is 43.2 Å². The van der Waals surface area contributed by atoms with Crippen LogP contribution >= 0.6 is 0 Å². The summed E-state index contributed by atoms with van der Waals surface area (Å²) in [4.78, 5) is 23.4. The second kappa shape index (κ2) is 6.54. The fourth-order valence-corrected chi connectivity index (χ4v) is 3.76. The standard InChI is InChI=1S/C20H23N7O/c1-13-7-14(2)27(23-13)18-5-6-19(28)26(24-18)12-15-10-25(11-15)20-21-8-17(9-22-20)16-3-4-16/h5-9,15-16H,3-4,10-12H2,1-2H3. The van der Waals surface area contributed by atoms with Crippen molar-refractivity contribution in [3.63, 3.8) is 0 Å². The molecule has 0 unspecified atom stereocenters. The Morgan fingerprint density at radius 3 is 2.46 bits per heavy atom. The molecule has 3 aromatic heterocycles. The van der Waals surface area contributed by atoms with Crippen molar-refractivity contribution < 1.29 is 0 Å².